The molecule has 0 aliphatic rings. The van der Waals surface area contributed by atoms with Crippen LogP contribution in [-0.4, -0.2) is 50.7 Å². The summed E-state index contributed by atoms with van der Waals surface area (Å²) in [5, 5.41) is 7.48. The Morgan fingerprint density at radius 1 is 0.800 bits per heavy atom. The molecule has 0 amide bonds. The average molecular weight is 142 g/mol. The second-order valence-electron chi connectivity index (χ2n) is 2.39. The highest BCUT2D eigenvalue weighted by Gasteiger charge is 1.74. The highest BCUT2D eigenvalue weighted by atomic mass is 15.3. The summed E-state index contributed by atoms with van der Waals surface area (Å²) in [6.45, 7) is 0. The van der Waals surface area contributed by atoms with Gasteiger partial charge in [0.25, 0.3) is 0 Å². The van der Waals surface area contributed by atoms with Crippen molar-refractivity contribution >= 4 is 12.7 Å². The van der Waals surface area contributed by atoms with Crippen LogP contribution in [0.15, 0.2) is 10.2 Å². The first-order chi connectivity index (χ1) is 4.63. The van der Waals surface area contributed by atoms with Crippen molar-refractivity contribution in [3.63, 3.8) is 0 Å². The van der Waals surface area contributed by atoms with Gasteiger partial charge in [0.2, 0.25) is 0 Å². The van der Waals surface area contributed by atoms with Crippen molar-refractivity contribution in [2.24, 2.45) is 10.2 Å². The highest BCUT2D eigenvalue weighted by molar-refractivity contribution is 5.57. The van der Waals surface area contributed by atoms with Crippen LogP contribution >= 0.6 is 0 Å². The number of rotatable bonds is 3. The molecule has 58 valence electrons. The van der Waals surface area contributed by atoms with Gasteiger partial charge in [-0.3, -0.25) is 0 Å². The van der Waals surface area contributed by atoms with Gasteiger partial charge < -0.3 is 9.80 Å². The smallest absolute Gasteiger partial charge is 0.113 e. The van der Waals surface area contributed by atoms with Crippen LogP contribution in [0.2, 0.25) is 0 Å². The number of nitrogens with zero attached hydrogens (tertiary/aromatic N) is 4. The molecule has 0 aromatic carbocycles. The van der Waals surface area contributed by atoms with E-state index < -0.39 is 0 Å². The van der Waals surface area contributed by atoms with Gasteiger partial charge in [-0.15, -0.1) is 10.2 Å². The van der Waals surface area contributed by atoms with Gasteiger partial charge >= 0.3 is 0 Å². The van der Waals surface area contributed by atoms with Crippen LogP contribution in [0.1, 0.15) is 0 Å². The molecule has 10 heavy (non-hydrogen) atoms. The van der Waals surface area contributed by atoms with Crippen LogP contribution in [-0.2, 0) is 0 Å². The van der Waals surface area contributed by atoms with Crippen molar-refractivity contribution < 1.29 is 0 Å². The molecule has 0 unspecified atom stereocenters. The first-order valence-corrected chi connectivity index (χ1v) is 3.02. The zero-order valence-corrected chi connectivity index (χ0v) is 6.94. The van der Waals surface area contributed by atoms with Crippen LogP contribution in [0.4, 0.5) is 0 Å². The first kappa shape index (κ1) is 8.94. The van der Waals surface area contributed by atoms with E-state index in [1.165, 1.54) is 0 Å². The van der Waals surface area contributed by atoms with Gasteiger partial charge in [-0.25, -0.2) is 0 Å². The Kier molecular flexibility index (Phi) is 4.28. The third-order valence-corrected chi connectivity index (χ3v) is 0.632. The topological polar surface area (TPSA) is 31.2 Å². The van der Waals surface area contributed by atoms with E-state index in [-0.39, 0.29) is 0 Å². The maximum atomic E-state index is 3.74. The van der Waals surface area contributed by atoms with E-state index in [0.29, 0.717) is 0 Å². The summed E-state index contributed by atoms with van der Waals surface area (Å²) in [5.74, 6) is 0. The van der Waals surface area contributed by atoms with Crippen molar-refractivity contribution in [3.8, 4) is 0 Å². The van der Waals surface area contributed by atoms with E-state index in [0.717, 1.165) is 0 Å². The van der Waals surface area contributed by atoms with E-state index in [9.17, 15) is 0 Å². The molecule has 0 radical (unpaired) electrons. The van der Waals surface area contributed by atoms with Crippen LogP contribution in [0, 0.1) is 0 Å². The zero-order valence-electron chi connectivity index (χ0n) is 6.94. The monoisotopic (exact) mass is 142 g/mol. The van der Waals surface area contributed by atoms with Gasteiger partial charge in [0.15, 0.2) is 0 Å². The molecule has 0 heterocycles. The summed E-state index contributed by atoms with van der Waals surface area (Å²) in [6.07, 6.45) is 3.28. The van der Waals surface area contributed by atoms with E-state index in [4.69, 9.17) is 0 Å². The van der Waals surface area contributed by atoms with E-state index in [1.54, 1.807) is 12.7 Å². The summed E-state index contributed by atoms with van der Waals surface area (Å²) in [7, 11) is 7.59. The lowest BCUT2D eigenvalue weighted by Gasteiger charge is -2.01. The molecule has 0 saturated heterocycles. The molecule has 0 saturated carbocycles. The van der Waals surface area contributed by atoms with Crippen molar-refractivity contribution in [1.82, 2.24) is 9.80 Å². The van der Waals surface area contributed by atoms with Crippen LogP contribution in [0.3, 0.4) is 0 Å². The van der Waals surface area contributed by atoms with E-state index in [2.05, 4.69) is 10.2 Å². The second-order valence-corrected chi connectivity index (χ2v) is 2.39. The van der Waals surface area contributed by atoms with Crippen LogP contribution < -0.4 is 0 Å². The molecule has 0 atom stereocenters. The Morgan fingerprint density at radius 3 is 1.30 bits per heavy atom. The lowest BCUT2D eigenvalue weighted by atomic mass is 10.9. The molecular weight excluding hydrogens is 128 g/mol. The van der Waals surface area contributed by atoms with Gasteiger partial charge in [-0.1, -0.05) is 0 Å². The standard InChI is InChI=1S/C6H14N4/c1-9(2)5-7-8-6-10(3)4/h5-6H,1-4H3/b7-5-,8-6+. The molecule has 0 N–H and O–H groups in total. The molecule has 0 spiro atoms. The Labute approximate surface area is 61.8 Å². The van der Waals surface area contributed by atoms with Crippen LogP contribution in [0.25, 0.3) is 0 Å². The summed E-state index contributed by atoms with van der Waals surface area (Å²) in [5.41, 5.74) is 0. The minimum Gasteiger partial charge on any atom is -0.367 e. The molecule has 0 bridgehead atoms. The normalized spacial score (nSPS) is 11.2. The fourth-order valence-corrected chi connectivity index (χ4v) is 0.266. The Balaban J connectivity index is 3.52. The predicted octanol–water partition coefficient (Wildman–Crippen LogP) is 0.0812. The summed E-state index contributed by atoms with van der Waals surface area (Å²) < 4.78 is 0. The molecule has 0 aromatic rings. The molecule has 0 rings (SSSR count). The van der Waals surface area contributed by atoms with Gasteiger partial charge in [0.1, 0.15) is 12.7 Å². The molecule has 4 nitrogen and oxygen atoms in total. The SMILES string of the molecule is CN(C)/C=N\N=C\N(C)C. The number of hydrogen-bond acceptors (Lipinski definition) is 2. The molecular formula is C6H14N4. The number of hydrogen-bond donors (Lipinski definition) is 0. The Morgan fingerprint density at radius 2 is 1.10 bits per heavy atom. The minimum atomic E-state index is 1.64. The van der Waals surface area contributed by atoms with Gasteiger partial charge in [0, 0.05) is 28.2 Å². The maximum absolute atomic E-state index is 3.74. The third kappa shape index (κ3) is 6.94. The Bertz CT molecular complexity index is 110. The van der Waals surface area contributed by atoms with Crippen LogP contribution in [0.5, 0.6) is 0 Å². The first-order valence-electron chi connectivity index (χ1n) is 3.02. The van der Waals surface area contributed by atoms with Crippen molar-refractivity contribution in [1.29, 1.82) is 0 Å². The van der Waals surface area contributed by atoms with Crippen molar-refractivity contribution in [2.45, 2.75) is 0 Å². The highest BCUT2D eigenvalue weighted by Crippen LogP contribution is 1.71. The predicted molar refractivity (Wildman–Crippen MR) is 44.4 cm³/mol. The summed E-state index contributed by atoms with van der Waals surface area (Å²) in [6, 6.07) is 0. The van der Waals surface area contributed by atoms with E-state index >= 15 is 0 Å². The van der Waals surface area contributed by atoms with E-state index in [1.807, 2.05) is 38.0 Å². The molecule has 0 aliphatic carbocycles. The van der Waals surface area contributed by atoms with Gasteiger partial charge in [-0.05, 0) is 0 Å². The zero-order chi connectivity index (χ0) is 7.98. The largest absolute Gasteiger partial charge is 0.367 e. The second kappa shape index (κ2) is 4.78. The van der Waals surface area contributed by atoms with Gasteiger partial charge in [-0.2, -0.15) is 0 Å². The summed E-state index contributed by atoms with van der Waals surface area (Å²) in [4.78, 5) is 3.65. The lowest BCUT2D eigenvalue weighted by Crippen LogP contribution is -2.09. The minimum absolute atomic E-state index is 1.64. The van der Waals surface area contributed by atoms with Gasteiger partial charge in [0.05, 0.1) is 0 Å². The quantitative estimate of drug-likeness (QED) is 0.317. The maximum Gasteiger partial charge on any atom is 0.113 e. The molecule has 0 aromatic heterocycles. The van der Waals surface area contributed by atoms with Crippen molar-refractivity contribution in [3.05, 3.63) is 0 Å². The average Bonchev–Trinajstić information content (AvgIpc) is 1.79. The fourth-order valence-electron chi connectivity index (χ4n) is 0.266. The lowest BCUT2D eigenvalue weighted by molar-refractivity contribution is 0.631. The third-order valence-electron chi connectivity index (χ3n) is 0.632. The Hall–Kier alpha value is -1.06. The molecule has 0 aliphatic heterocycles. The molecule has 0 fully saturated rings. The molecule has 4 heteroatoms. The fraction of sp³-hybridized carbons (Fsp3) is 0.667. The van der Waals surface area contributed by atoms with Crippen molar-refractivity contribution in [2.75, 3.05) is 28.2 Å². The summed E-state index contributed by atoms with van der Waals surface area (Å²) >= 11 is 0.